The second-order valence-electron chi connectivity index (χ2n) is 8.52. The summed E-state index contributed by atoms with van der Waals surface area (Å²) in [7, 11) is 0.589. The van der Waals surface area contributed by atoms with Crippen molar-refractivity contribution in [3.05, 3.63) is 48.0 Å². The molecule has 0 heterocycles. The van der Waals surface area contributed by atoms with Gasteiger partial charge in [0.05, 0.1) is 33.3 Å². The molecule has 36 heavy (non-hydrogen) atoms. The lowest BCUT2D eigenvalue weighted by Crippen LogP contribution is -2.52. The van der Waals surface area contributed by atoms with Crippen molar-refractivity contribution in [2.45, 2.75) is 39.4 Å². The number of anilines is 1. The van der Waals surface area contributed by atoms with E-state index in [-0.39, 0.29) is 24.2 Å². The van der Waals surface area contributed by atoms with Crippen LogP contribution < -0.4 is 23.8 Å². The van der Waals surface area contributed by atoms with E-state index in [0.717, 1.165) is 16.1 Å². The van der Waals surface area contributed by atoms with E-state index >= 15 is 0 Å². The van der Waals surface area contributed by atoms with Gasteiger partial charge in [0.25, 0.3) is 0 Å². The van der Waals surface area contributed by atoms with Gasteiger partial charge < -0.3 is 24.4 Å². The number of carbonyl (C=O) groups is 2. The van der Waals surface area contributed by atoms with Crippen LogP contribution in [0, 0.1) is 0 Å². The highest BCUT2D eigenvalue weighted by atomic mass is 32.2. The first-order chi connectivity index (χ1) is 16.9. The second kappa shape index (κ2) is 12.5. The summed E-state index contributed by atoms with van der Waals surface area (Å²) in [4.78, 5) is 27.7. The number of nitrogens with one attached hydrogen (secondary N) is 1. The molecule has 1 N–H and O–H groups in total. The smallest absolute Gasteiger partial charge is 0.244 e. The first-order valence-electron chi connectivity index (χ1n) is 11.3. The van der Waals surface area contributed by atoms with Crippen LogP contribution in [0.25, 0.3) is 0 Å². The Morgan fingerprint density at radius 3 is 2.03 bits per heavy atom. The van der Waals surface area contributed by atoms with E-state index in [1.54, 1.807) is 44.4 Å². The molecule has 0 aliphatic heterocycles. The Morgan fingerprint density at radius 1 is 0.917 bits per heavy atom. The molecular weight excluding hydrogens is 486 g/mol. The molecule has 10 nitrogen and oxygen atoms in total. The van der Waals surface area contributed by atoms with E-state index in [9.17, 15) is 18.0 Å². The summed E-state index contributed by atoms with van der Waals surface area (Å²) in [6.45, 7) is 4.84. The Balaban J connectivity index is 2.43. The molecular formula is C25H35N3O7S. The van der Waals surface area contributed by atoms with Crippen LogP contribution >= 0.6 is 0 Å². The van der Waals surface area contributed by atoms with Crippen molar-refractivity contribution in [3.63, 3.8) is 0 Å². The largest absolute Gasteiger partial charge is 0.497 e. The molecule has 0 fully saturated rings. The number of sulfonamides is 1. The monoisotopic (exact) mass is 521 g/mol. The lowest BCUT2D eigenvalue weighted by Gasteiger charge is -2.32. The second-order valence-corrected chi connectivity index (χ2v) is 10.4. The zero-order valence-electron chi connectivity index (χ0n) is 21.8. The van der Waals surface area contributed by atoms with Crippen LogP contribution in [0.1, 0.15) is 26.3 Å². The molecule has 0 aliphatic carbocycles. The lowest BCUT2D eigenvalue weighted by atomic mass is 10.1. The number of carbonyl (C=O) groups excluding carboxylic acids is 2. The number of ether oxygens (including phenoxy) is 3. The molecule has 0 radical (unpaired) electrons. The van der Waals surface area contributed by atoms with Crippen LogP contribution in [0.15, 0.2) is 42.5 Å². The van der Waals surface area contributed by atoms with Gasteiger partial charge in [-0.1, -0.05) is 12.1 Å². The number of amides is 2. The van der Waals surface area contributed by atoms with Crippen LogP contribution in [0.5, 0.6) is 17.2 Å². The van der Waals surface area contributed by atoms with Crippen LogP contribution in [0.3, 0.4) is 0 Å². The summed E-state index contributed by atoms with van der Waals surface area (Å²) in [5.74, 6) is 0.497. The minimum atomic E-state index is -3.87. The zero-order chi connectivity index (χ0) is 27.0. The van der Waals surface area contributed by atoms with E-state index in [2.05, 4.69) is 5.32 Å². The van der Waals surface area contributed by atoms with Crippen LogP contribution in [-0.2, 0) is 26.2 Å². The Kier molecular flexibility index (Phi) is 9.97. The van der Waals surface area contributed by atoms with Crippen molar-refractivity contribution < 1.29 is 32.2 Å². The molecule has 1 atom stereocenters. The minimum absolute atomic E-state index is 0.0963. The Bertz CT molecular complexity index is 1150. The topological polar surface area (TPSA) is 114 Å². The molecule has 2 rings (SSSR count). The molecule has 11 heteroatoms. The van der Waals surface area contributed by atoms with Crippen LogP contribution in [-0.4, -0.2) is 71.3 Å². The van der Waals surface area contributed by atoms with E-state index in [0.29, 0.717) is 17.2 Å². The standard InChI is InChI=1S/C25H35N3O7S/c1-17(2)26-25(30)18(3)27(15-19-8-11-21(33-4)12-9-19)24(29)16-28(36(7,31)32)20-10-13-22(34-5)23(14-20)35-6/h8-14,17-18H,15-16H2,1-7H3,(H,26,30)/t18-/m0/s1. The summed E-state index contributed by atoms with van der Waals surface area (Å²) in [6, 6.07) is 10.7. The maximum atomic E-state index is 13.6. The summed E-state index contributed by atoms with van der Waals surface area (Å²) in [5, 5.41) is 2.81. The van der Waals surface area contributed by atoms with Gasteiger partial charge in [-0.3, -0.25) is 13.9 Å². The maximum absolute atomic E-state index is 13.6. The number of benzene rings is 2. The van der Waals surface area contributed by atoms with Crippen molar-refractivity contribution >= 4 is 27.5 Å². The third-order valence-electron chi connectivity index (χ3n) is 5.44. The summed E-state index contributed by atoms with van der Waals surface area (Å²) >= 11 is 0. The van der Waals surface area contributed by atoms with Gasteiger partial charge in [0.1, 0.15) is 18.3 Å². The molecule has 2 aromatic carbocycles. The normalized spacial score (nSPS) is 12.0. The van der Waals surface area contributed by atoms with Gasteiger partial charge in [0.2, 0.25) is 21.8 Å². The van der Waals surface area contributed by atoms with Gasteiger partial charge in [0, 0.05) is 18.7 Å². The molecule has 0 bridgehead atoms. The number of methoxy groups -OCH3 is 3. The van der Waals surface area contributed by atoms with Gasteiger partial charge in [-0.2, -0.15) is 0 Å². The molecule has 0 unspecified atom stereocenters. The molecule has 0 saturated heterocycles. The highest BCUT2D eigenvalue weighted by molar-refractivity contribution is 7.92. The molecule has 0 saturated carbocycles. The minimum Gasteiger partial charge on any atom is -0.497 e. The van der Waals surface area contributed by atoms with Crippen molar-refractivity contribution in [2.75, 3.05) is 38.4 Å². The van der Waals surface area contributed by atoms with Crippen molar-refractivity contribution in [1.29, 1.82) is 0 Å². The molecule has 0 aromatic heterocycles. The van der Waals surface area contributed by atoms with Gasteiger partial charge in [-0.05, 0) is 50.6 Å². The highest BCUT2D eigenvalue weighted by Crippen LogP contribution is 2.32. The van der Waals surface area contributed by atoms with E-state index < -0.39 is 28.5 Å². The number of nitrogens with zero attached hydrogens (tertiary/aromatic N) is 2. The first kappa shape index (κ1) is 28.8. The third kappa shape index (κ3) is 7.51. The summed E-state index contributed by atoms with van der Waals surface area (Å²) in [5.41, 5.74) is 0.984. The fourth-order valence-electron chi connectivity index (χ4n) is 3.51. The highest BCUT2D eigenvalue weighted by Gasteiger charge is 2.30. The Hall–Kier alpha value is -3.47. The molecule has 198 valence electrons. The van der Waals surface area contributed by atoms with Crippen LogP contribution in [0.4, 0.5) is 5.69 Å². The van der Waals surface area contributed by atoms with E-state index in [4.69, 9.17) is 14.2 Å². The first-order valence-corrected chi connectivity index (χ1v) is 13.2. The van der Waals surface area contributed by atoms with E-state index in [1.807, 2.05) is 13.8 Å². The Morgan fingerprint density at radius 2 is 1.53 bits per heavy atom. The fraction of sp³-hybridized carbons (Fsp3) is 0.440. The zero-order valence-corrected chi connectivity index (χ0v) is 22.6. The van der Waals surface area contributed by atoms with Gasteiger partial charge >= 0.3 is 0 Å². The molecule has 0 aliphatic rings. The van der Waals surface area contributed by atoms with Gasteiger partial charge in [-0.25, -0.2) is 8.42 Å². The predicted octanol–water partition coefficient (Wildman–Crippen LogP) is 2.42. The fourth-order valence-corrected chi connectivity index (χ4v) is 4.35. The summed E-state index contributed by atoms with van der Waals surface area (Å²) < 4.78 is 42.1. The average molecular weight is 522 g/mol. The Labute approximate surface area is 213 Å². The van der Waals surface area contributed by atoms with Gasteiger partial charge in [0.15, 0.2) is 11.5 Å². The number of hydrogen-bond acceptors (Lipinski definition) is 7. The van der Waals surface area contributed by atoms with Crippen LogP contribution in [0.2, 0.25) is 0 Å². The van der Waals surface area contributed by atoms with Gasteiger partial charge in [-0.15, -0.1) is 0 Å². The lowest BCUT2D eigenvalue weighted by molar-refractivity contribution is -0.139. The molecule has 2 aromatic rings. The SMILES string of the molecule is COc1ccc(CN(C(=O)CN(c2ccc(OC)c(OC)c2)S(C)(=O)=O)[C@@H](C)C(=O)NC(C)C)cc1. The molecule has 2 amide bonds. The quantitative estimate of drug-likeness (QED) is 0.456. The van der Waals surface area contributed by atoms with E-state index in [1.165, 1.54) is 31.3 Å². The number of rotatable bonds is 12. The predicted molar refractivity (Wildman–Crippen MR) is 138 cm³/mol. The summed E-state index contributed by atoms with van der Waals surface area (Å²) in [6.07, 6.45) is 1.01. The van der Waals surface area contributed by atoms with Crippen molar-refractivity contribution in [2.24, 2.45) is 0 Å². The average Bonchev–Trinajstić information content (AvgIpc) is 2.84. The van der Waals surface area contributed by atoms with Crippen molar-refractivity contribution in [3.8, 4) is 17.2 Å². The molecule has 0 spiro atoms. The number of hydrogen-bond donors (Lipinski definition) is 1. The maximum Gasteiger partial charge on any atom is 0.244 e. The third-order valence-corrected chi connectivity index (χ3v) is 6.59. The van der Waals surface area contributed by atoms with Crippen molar-refractivity contribution in [1.82, 2.24) is 10.2 Å².